The molecule has 0 bridgehead atoms. The van der Waals surface area contributed by atoms with E-state index in [0.29, 0.717) is 0 Å². The maximum absolute atomic E-state index is 12.8. The van der Waals surface area contributed by atoms with Gasteiger partial charge in [-0.1, -0.05) is 48.5 Å². The van der Waals surface area contributed by atoms with Crippen LogP contribution < -0.4 is 11.1 Å². The Morgan fingerprint density at radius 3 is 2.09 bits per heavy atom. The zero-order chi connectivity index (χ0) is 16.4. The van der Waals surface area contributed by atoms with Crippen LogP contribution in [0.15, 0.2) is 48.5 Å². The first kappa shape index (κ1) is 14.9. The molecule has 4 heteroatoms. The fraction of sp³-hybridized carbons (Fsp3) is 0.158. The Hall–Kier alpha value is -3.06. The predicted molar refractivity (Wildman–Crippen MR) is 88.3 cm³/mol. The molecule has 1 atom stereocenters. The molecule has 0 unspecified atom stereocenters. The van der Waals surface area contributed by atoms with Crippen LogP contribution in [0, 0.1) is 12.3 Å². The van der Waals surface area contributed by atoms with Gasteiger partial charge in [0.15, 0.2) is 0 Å². The van der Waals surface area contributed by atoms with E-state index < -0.39 is 17.9 Å². The second kappa shape index (κ2) is 5.98. The second-order valence-electron chi connectivity index (χ2n) is 5.48. The van der Waals surface area contributed by atoms with E-state index in [0.717, 1.165) is 22.3 Å². The molecular weight excluding hydrogens is 288 g/mol. The Labute approximate surface area is 134 Å². The Morgan fingerprint density at radius 2 is 1.61 bits per heavy atom. The SMILES string of the molecule is C#CC[C@@H](NC(=O)C1c2ccccc2-c2ccccc21)C(N)=O. The summed E-state index contributed by atoms with van der Waals surface area (Å²) in [6.07, 6.45) is 5.32. The van der Waals surface area contributed by atoms with Crippen molar-refractivity contribution >= 4 is 11.8 Å². The summed E-state index contributed by atoms with van der Waals surface area (Å²) >= 11 is 0. The summed E-state index contributed by atoms with van der Waals surface area (Å²) in [4.78, 5) is 24.2. The Kier molecular flexibility index (Phi) is 3.86. The Balaban J connectivity index is 1.98. The van der Waals surface area contributed by atoms with Crippen LogP contribution in [0.4, 0.5) is 0 Å². The lowest BCUT2D eigenvalue weighted by atomic mass is 9.95. The molecule has 2 aromatic carbocycles. The molecule has 1 aliphatic rings. The molecular formula is C19H16N2O2. The maximum atomic E-state index is 12.8. The summed E-state index contributed by atoms with van der Waals surface area (Å²) < 4.78 is 0. The monoisotopic (exact) mass is 304 g/mol. The van der Waals surface area contributed by atoms with E-state index in [4.69, 9.17) is 12.2 Å². The Bertz CT molecular complexity index is 775. The molecule has 3 rings (SSSR count). The molecule has 4 nitrogen and oxygen atoms in total. The summed E-state index contributed by atoms with van der Waals surface area (Å²) in [7, 11) is 0. The molecule has 2 amide bonds. The number of carbonyl (C=O) groups is 2. The van der Waals surface area contributed by atoms with Crippen LogP contribution in [0.25, 0.3) is 11.1 Å². The third-order valence-corrected chi connectivity index (χ3v) is 4.08. The summed E-state index contributed by atoms with van der Waals surface area (Å²) in [5.41, 5.74) is 9.24. The molecule has 0 fully saturated rings. The van der Waals surface area contributed by atoms with Crippen LogP contribution in [-0.2, 0) is 9.59 Å². The summed E-state index contributed by atoms with van der Waals surface area (Å²) in [5.74, 6) is 1.02. The molecule has 1 aliphatic carbocycles. The van der Waals surface area contributed by atoms with E-state index >= 15 is 0 Å². The number of rotatable bonds is 4. The molecule has 0 radical (unpaired) electrons. The number of carbonyl (C=O) groups excluding carboxylic acids is 2. The van der Waals surface area contributed by atoms with Gasteiger partial charge in [-0.25, -0.2) is 0 Å². The minimum Gasteiger partial charge on any atom is -0.368 e. The normalized spacial score (nSPS) is 13.5. The number of hydrogen-bond donors (Lipinski definition) is 2. The largest absolute Gasteiger partial charge is 0.368 e. The van der Waals surface area contributed by atoms with Crippen molar-refractivity contribution in [3.63, 3.8) is 0 Å². The highest BCUT2D eigenvalue weighted by Gasteiger charge is 2.34. The van der Waals surface area contributed by atoms with Crippen LogP contribution >= 0.6 is 0 Å². The number of nitrogens with one attached hydrogen (secondary N) is 1. The van der Waals surface area contributed by atoms with E-state index in [2.05, 4.69) is 11.2 Å². The molecule has 0 saturated heterocycles. The van der Waals surface area contributed by atoms with Gasteiger partial charge < -0.3 is 11.1 Å². The fourth-order valence-electron chi connectivity index (χ4n) is 3.03. The van der Waals surface area contributed by atoms with E-state index in [9.17, 15) is 9.59 Å². The average Bonchev–Trinajstić information content (AvgIpc) is 2.89. The highest BCUT2D eigenvalue weighted by molar-refractivity contribution is 5.98. The van der Waals surface area contributed by atoms with E-state index in [1.165, 1.54) is 0 Å². The van der Waals surface area contributed by atoms with Gasteiger partial charge in [0.05, 0.1) is 5.92 Å². The standard InChI is InChI=1S/C19H16N2O2/c1-2-7-16(18(20)22)21-19(23)17-14-10-5-3-8-12(14)13-9-4-6-11-15(13)17/h1,3-6,8-11,16-17H,7H2,(H2,20,22)(H,21,23)/t16-/m1/s1. The smallest absolute Gasteiger partial charge is 0.240 e. The van der Waals surface area contributed by atoms with Crippen LogP contribution in [0.3, 0.4) is 0 Å². The van der Waals surface area contributed by atoms with Crippen LogP contribution in [-0.4, -0.2) is 17.9 Å². The van der Waals surface area contributed by atoms with Gasteiger partial charge in [-0.2, -0.15) is 0 Å². The summed E-state index contributed by atoms with van der Waals surface area (Å²) in [5, 5.41) is 2.69. The molecule has 0 saturated carbocycles. The molecule has 0 aromatic heterocycles. The summed E-state index contributed by atoms with van der Waals surface area (Å²) in [6.45, 7) is 0. The second-order valence-corrected chi connectivity index (χ2v) is 5.48. The number of benzene rings is 2. The van der Waals surface area contributed by atoms with Crippen molar-refractivity contribution < 1.29 is 9.59 Å². The molecule has 0 spiro atoms. The van der Waals surface area contributed by atoms with Crippen molar-refractivity contribution in [1.29, 1.82) is 0 Å². The van der Waals surface area contributed by atoms with Gasteiger partial charge in [0, 0.05) is 6.42 Å². The van der Waals surface area contributed by atoms with Crippen LogP contribution in [0.5, 0.6) is 0 Å². The number of hydrogen-bond acceptors (Lipinski definition) is 2. The number of fused-ring (bicyclic) bond motifs is 3. The topological polar surface area (TPSA) is 72.2 Å². The van der Waals surface area contributed by atoms with E-state index in [1.54, 1.807) is 0 Å². The number of nitrogens with two attached hydrogens (primary N) is 1. The van der Waals surface area contributed by atoms with E-state index in [1.807, 2.05) is 48.5 Å². The molecule has 114 valence electrons. The van der Waals surface area contributed by atoms with Crippen molar-refractivity contribution in [1.82, 2.24) is 5.32 Å². The zero-order valence-corrected chi connectivity index (χ0v) is 12.5. The first-order chi connectivity index (χ1) is 11.1. The minimum absolute atomic E-state index is 0.0804. The Morgan fingerprint density at radius 1 is 1.09 bits per heavy atom. The van der Waals surface area contributed by atoms with Crippen LogP contribution in [0.2, 0.25) is 0 Å². The number of primary amides is 1. The zero-order valence-electron chi connectivity index (χ0n) is 12.5. The van der Waals surface area contributed by atoms with Gasteiger partial charge in [-0.05, 0) is 22.3 Å². The molecule has 2 aromatic rings. The quantitative estimate of drug-likeness (QED) is 0.845. The van der Waals surface area contributed by atoms with E-state index in [-0.39, 0.29) is 12.3 Å². The van der Waals surface area contributed by atoms with Crippen molar-refractivity contribution in [2.45, 2.75) is 18.4 Å². The van der Waals surface area contributed by atoms with Gasteiger partial charge in [0.25, 0.3) is 0 Å². The highest BCUT2D eigenvalue weighted by atomic mass is 16.2. The molecule has 23 heavy (non-hydrogen) atoms. The van der Waals surface area contributed by atoms with Gasteiger partial charge in [0.1, 0.15) is 6.04 Å². The fourth-order valence-corrected chi connectivity index (χ4v) is 3.03. The van der Waals surface area contributed by atoms with Crippen molar-refractivity contribution in [2.75, 3.05) is 0 Å². The lowest BCUT2D eigenvalue weighted by Crippen LogP contribution is -2.45. The first-order valence-electron chi connectivity index (χ1n) is 7.35. The first-order valence-corrected chi connectivity index (χ1v) is 7.35. The van der Waals surface area contributed by atoms with Gasteiger partial charge in [0.2, 0.25) is 11.8 Å². The van der Waals surface area contributed by atoms with Gasteiger partial charge in [-0.3, -0.25) is 9.59 Å². The lowest BCUT2D eigenvalue weighted by molar-refractivity contribution is -0.127. The summed E-state index contributed by atoms with van der Waals surface area (Å²) in [6, 6.07) is 14.7. The van der Waals surface area contributed by atoms with Gasteiger partial charge >= 0.3 is 0 Å². The molecule has 0 heterocycles. The predicted octanol–water partition coefficient (Wildman–Crippen LogP) is 1.79. The van der Waals surface area contributed by atoms with Crippen molar-refractivity contribution in [3.05, 3.63) is 59.7 Å². The number of amides is 2. The number of terminal acetylenes is 1. The third kappa shape index (κ3) is 2.58. The highest BCUT2D eigenvalue weighted by Crippen LogP contribution is 2.44. The van der Waals surface area contributed by atoms with Crippen LogP contribution in [0.1, 0.15) is 23.5 Å². The van der Waals surface area contributed by atoms with Gasteiger partial charge in [-0.15, -0.1) is 12.3 Å². The van der Waals surface area contributed by atoms with Crippen molar-refractivity contribution in [2.24, 2.45) is 5.73 Å². The van der Waals surface area contributed by atoms with Crippen molar-refractivity contribution in [3.8, 4) is 23.5 Å². The minimum atomic E-state index is -0.854. The third-order valence-electron chi connectivity index (χ3n) is 4.08. The molecule has 3 N–H and O–H groups in total. The molecule has 0 aliphatic heterocycles. The average molecular weight is 304 g/mol. The maximum Gasteiger partial charge on any atom is 0.240 e. The lowest BCUT2D eigenvalue weighted by Gasteiger charge is -2.18.